The van der Waals surface area contributed by atoms with Gasteiger partial charge in [0.25, 0.3) is 11.7 Å². The number of anilines is 1. The molecule has 3 aromatic heterocycles. The van der Waals surface area contributed by atoms with E-state index < -0.39 is 17.5 Å². The van der Waals surface area contributed by atoms with Gasteiger partial charge >= 0.3 is 0 Å². The molecule has 0 aliphatic heterocycles. The minimum atomic E-state index is -0.956. The molecule has 0 spiro atoms. The molecule has 28 heavy (non-hydrogen) atoms. The molecule has 1 N–H and O–H groups in total. The van der Waals surface area contributed by atoms with Crippen LogP contribution in [-0.4, -0.2) is 30.5 Å². The molecule has 1 aromatic carbocycles. The number of halogens is 2. The summed E-state index contributed by atoms with van der Waals surface area (Å²) in [4.78, 5) is 26.0. The molecular formula is C18H14F2N6OS. The fourth-order valence-electron chi connectivity index (χ4n) is 2.78. The Morgan fingerprint density at radius 1 is 1.07 bits per heavy atom. The molecule has 3 heterocycles. The van der Waals surface area contributed by atoms with Crippen molar-refractivity contribution in [2.45, 2.75) is 20.8 Å². The first-order valence-corrected chi connectivity index (χ1v) is 9.08. The summed E-state index contributed by atoms with van der Waals surface area (Å²) in [5.41, 5.74) is 2.47. The Morgan fingerprint density at radius 3 is 2.61 bits per heavy atom. The largest absolute Gasteiger partial charge is 0.297 e. The maximum atomic E-state index is 13.5. The first-order valence-electron chi connectivity index (χ1n) is 8.27. The maximum absolute atomic E-state index is 13.5. The minimum Gasteiger partial charge on any atom is -0.295 e. The second-order valence-electron chi connectivity index (χ2n) is 6.19. The molecule has 0 radical (unpaired) electrons. The van der Waals surface area contributed by atoms with Crippen molar-refractivity contribution in [2.75, 3.05) is 5.32 Å². The first kappa shape index (κ1) is 18.1. The predicted molar refractivity (Wildman–Crippen MR) is 100 cm³/mol. The van der Waals surface area contributed by atoms with E-state index in [1.165, 1.54) is 21.9 Å². The van der Waals surface area contributed by atoms with E-state index in [4.69, 9.17) is 0 Å². The number of rotatable bonds is 3. The topological polar surface area (TPSA) is 85.1 Å². The summed E-state index contributed by atoms with van der Waals surface area (Å²) >= 11 is 1.22. The van der Waals surface area contributed by atoms with Crippen LogP contribution >= 0.6 is 11.3 Å². The number of nitrogens with one attached hydrogen (secondary N) is 1. The van der Waals surface area contributed by atoms with Gasteiger partial charge in [-0.25, -0.2) is 23.3 Å². The summed E-state index contributed by atoms with van der Waals surface area (Å²) in [6, 6.07) is 5.39. The van der Waals surface area contributed by atoms with E-state index in [0.717, 1.165) is 28.4 Å². The lowest BCUT2D eigenvalue weighted by atomic mass is 10.1. The number of fused-ring (bicyclic) bond motifs is 1. The van der Waals surface area contributed by atoms with Gasteiger partial charge < -0.3 is 0 Å². The van der Waals surface area contributed by atoms with E-state index in [1.807, 2.05) is 19.9 Å². The molecule has 0 aliphatic rings. The number of thiazole rings is 1. The van der Waals surface area contributed by atoms with Crippen LogP contribution in [0, 0.1) is 32.4 Å². The molecule has 1 amide bonds. The fourth-order valence-corrected chi connectivity index (χ4v) is 3.61. The second-order valence-corrected chi connectivity index (χ2v) is 7.40. The van der Waals surface area contributed by atoms with Crippen molar-refractivity contribution in [3.05, 3.63) is 58.0 Å². The lowest BCUT2D eigenvalue weighted by molar-refractivity contribution is 0.101. The fraction of sp³-hybridized carbons (Fsp3) is 0.167. The Labute approximate surface area is 162 Å². The normalized spacial score (nSPS) is 11.2. The quantitative estimate of drug-likeness (QED) is 0.567. The zero-order valence-electron chi connectivity index (χ0n) is 15.1. The van der Waals surface area contributed by atoms with Crippen LogP contribution in [0.4, 0.5) is 13.9 Å². The number of carbonyl (C=O) groups is 1. The highest BCUT2D eigenvalue weighted by atomic mass is 32.1. The third kappa shape index (κ3) is 3.22. The third-order valence-electron chi connectivity index (χ3n) is 4.03. The van der Waals surface area contributed by atoms with Crippen LogP contribution in [0.2, 0.25) is 0 Å². The van der Waals surface area contributed by atoms with Crippen LogP contribution in [-0.2, 0) is 0 Å². The van der Waals surface area contributed by atoms with E-state index in [0.29, 0.717) is 22.2 Å². The molecule has 4 rings (SSSR count). The maximum Gasteiger partial charge on any atom is 0.297 e. The summed E-state index contributed by atoms with van der Waals surface area (Å²) in [5, 5.41) is 7.13. The zero-order valence-corrected chi connectivity index (χ0v) is 15.9. The minimum absolute atomic E-state index is 0.0385. The van der Waals surface area contributed by atoms with Gasteiger partial charge in [-0.15, -0.1) is 16.4 Å². The molecule has 4 aromatic rings. The van der Waals surface area contributed by atoms with Gasteiger partial charge in [-0.3, -0.25) is 10.1 Å². The van der Waals surface area contributed by atoms with Gasteiger partial charge in [0.15, 0.2) is 16.8 Å². The number of nitrogens with zero attached hydrogens (tertiary/aromatic N) is 5. The number of carbonyl (C=O) groups excluding carboxylic acids is 1. The smallest absolute Gasteiger partial charge is 0.295 e. The Balaban J connectivity index is 1.62. The Bertz CT molecular complexity index is 1230. The SMILES string of the molecule is Cc1cc(C)n2nc(C(=O)Nc3nc(-c4ccc(F)c(F)c4)c(C)s3)nc2n1. The zero-order chi connectivity index (χ0) is 20.0. The van der Waals surface area contributed by atoms with Gasteiger partial charge in [0.1, 0.15) is 0 Å². The Morgan fingerprint density at radius 2 is 1.86 bits per heavy atom. The van der Waals surface area contributed by atoms with Crippen molar-refractivity contribution >= 4 is 28.2 Å². The van der Waals surface area contributed by atoms with Crippen molar-refractivity contribution in [2.24, 2.45) is 0 Å². The standard InChI is InChI=1S/C18H14F2N6OS/c1-8-6-9(2)26-17(21-8)23-15(25-26)16(27)24-18-22-14(10(3)28-18)11-4-5-12(19)13(20)7-11/h4-7H,1-3H3,(H,22,24,27). The number of aryl methyl sites for hydroxylation is 3. The number of benzene rings is 1. The molecule has 0 fully saturated rings. The molecule has 0 bridgehead atoms. The van der Waals surface area contributed by atoms with Crippen LogP contribution in [0.5, 0.6) is 0 Å². The first-order chi connectivity index (χ1) is 13.3. The highest BCUT2D eigenvalue weighted by molar-refractivity contribution is 7.16. The van der Waals surface area contributed by atoms with Crippen molar-refractivity contribution in [1.82, 2.24) is 24.6 Å². The second kappa shape index (κ2) is 6.71. The van der Waals surface area contributed by atoms with Gasteiger partial charge in [-0.1, -0.05) is 0 Å². The molecule has 0 atom stereocenters. The van der Waals surface area contributed by atoms with Crippen LogP contribution in [0.1, 0.15) is 26.9 Å². The van der Waals surface area contributed by atoms with E-state index in [1.54, 1.807) is 6.92 Å². The van der Waals surface area contributed by atoms with Gasteiger partial charge in [0, 0.05) is 21.8 Å². The highest BCUT2D eigenvalue weighted by Gasteiger charge is 2.18. The molecule has 0 unspecified atom stereocenters. The Kier molecular flexibility index (Phi) is 4.34. The lowest BCUT2D eigenvalue weighted by Crippen LogP contribution is -2.13. The van der Waals surface area contributed by atoms with Crippen molar-refractivity contribution in [3.8, 4) is 11.3 Å². The monoisotopic (exact) mass is 400 g/mol. The van der Waals surface area contributed by atoms with E-state index in [-0.39, 0.29) is 5.82 Å². The summed E-state index contributed by atoms with van der Waals surface area (Å²) in [6.45, 7) is 5.46. The average Bonchev–Trinajstić information content (AvgIpc) is 3.21. The van der Waals surface area contributed by atoms with Gasteiger partial charge in [-0.05, 0) is 45.0 Å². The Hall–Kier alpha value is -3.27. The number of hydrogen-bond donors (Lipinski definition) is 1. The molecule has 0 saturated heterocycles. The molecule has 0 saturated carbocycles. The van der Waals surface area contributed by atoms with Gasteiger partial charge in [0.05, 0.1) is 5.69 Å². The third-order valence-corrected chi connectivity index (χ3v) is 4.92. The molecule has 142 valence electrons. The van der Waals surface area contributed by atoms with Crippen LogP contribution in [0.15, 0.2) is 24.3 Å². The predicted octanol–water partition coefficient (Wildman–Crippen LogP) is 3.70. The van der Waals surface area contributed by atoms with Crippen LogP contribution < -0.4 is 5.32 Å². The van der Waals surface area contributed by atoms with Crippen molar-refractivity contribution in [1.29, 1.82) is 0 Å². The molecule has 10 heteroatoms. The molecular weight excluding hydrogens is 386 g/mol. The van der Waals surface area contributed by atoms with E-state index in [2.05, 4.69) is 25.4 Å². The number of hydrogen-bond acceptors (Lipinski definition) is 6. The number of amides is 1. The summed E-state index contributed by atoms with van der Waals surface area (Å²) in [7, 11) is 0. The summed E-state index contributed by atoms with van der Waals surface area (Å²) < 4.78 is 28.1. The number of aromatic nitrogens is 5. The van der Waals surface area contributed by atoms with Crippen molar-refractivity contribution < 1.29 is 13.6 Å². The molecule has 0 aliphatic carbocycles. The van der Waals surface area contributed by atoms with E-state index >= 15 is 0 Å². The van der Waals surface area contributed by atoms with Crippen LogP contribution in [0.3, 0.4) is 0 Å². The van der Waals surface area contributed by atoms with E-state index in [9.17, 15) is 13.6 Å². The highest BCUT2D eigenvalue weighted by Crippen LogP contribution is 2.31. The van der Waals surface area contributed by atoms with Gasteiger partial charge in [-0.2, -0.15) is 4.98 Å². The summed E-state index contributed by atoms with van der Waals surface area (Å²) in [5.74, 6) is -2.12. The molecule has 7 nitrogen and oxygen atoms in total. The van der Waals surface area contributed by atoms with Crippen molar-refractivity contribution in [3.63, 3.8) is 0 Å². The lowest BCUT2D eigenvalue weighted by Gasteiger charge is -2.00. The average molecular weight is 400 g/mol. The summed E-state index contributed by atoms with van der Waals surface area (Å²) in [6.07, 6.45) is 0. The van der Waals surface area contributed by atoms with Crippen LogP contribution in [0.25, 0.3) is 17.0 Å². The van der Waals surface area contributed by atoms with Gasteiger partial charge in [0.2, 0.25) is 5.82 Å².